The van der Waals surface area contributed by atoms with Crippen molar-refractivity contribution in [3.8, 4) is 0 Å². The maximum absolute atomic E-state index is 4.46. The molecule has 0 unspecified atom stereocenters. The van der Waals surface area contributed by atoms with Crippen molar-refractivity contribution in [2.24, 2.45) is 4.99 Å². The van der Waals surface area contributed by atoms with Crippen molar-refractivity contribution in [3.63, 3.8) is 0 Å². The fourth-order valence-electron chi connectivity index (χ4n) is 2.18. The number of nitrogens with zero attached hydrogens (tertiary/aromatic N) is 4. The summed E-state index contributed by atoms with van der Waals surface area (Å²) < 4.78 is 0. The standard InChI is InChI=1S/C12H15N5/c1-2-14-9-16-11(1)12-7-10(8-15-12)17-5-3-13-4-6-17/h1-2,8-9,13H,3-7H2. The van der Waals surface area contributed by atoms with Crippen molar-refractivity contribution in [2.45, 2.75) is 6.42 Å². The summed E-state index contributed by atoms with van der Waals surface area (Å²) in [7, 11) is 0. The second-order valence-corrected chi connectivity index (χ2v) is 4.20. The predicted molar refractivity (Wildman–Crippen MR) is 65.7 cm³/mol. The topological polar surface area (TPSA) is 53.4 Å². The van der Waals surface area contributed by atoms with Gasteiger partial charge in [0.1, 0.15) is 6.33 Å². The fraction of sp³-hybridized carbons (Fsp3) is 0.417. The van der Waals surface area contributed by atoms with Crippen LogP contribution in [0.2, 0.25) is 0 Å². The third-order valence-corrected chi connectivity index (χ3v) is 3.12. The summed E-state index contributed by atoms with van der Waals surface area (Å²) in [6.45, 7) is 4.25. The van der Waals surface area contributed by atoms with Gasteiger partial charge in [-0.05, 0) is 6.07 Å². The highest BCUT2D eigenvalue weighted by molar-refractivity contribution is 6.01. The van der Waals surface area contributed by atoms with Gasteiger partial charge in [-0.1, -0.05) is 0 Å². The van der Waals surface area contributed by atoms with Crippen LogP contribution in [-0.2, 0) is 0 Å². The van der Waals surface area contributed by atoms with Crippen LogP contribution in [0.1, 0.15) is 12.1 Å². The van der Waals surface area contributed by atoms with Gasteiger partial charge in [-0.25, -0.2) is 9.97 Å². The number of hydrogen-bond acceptors (Lipinski definition) is 5. The van der Waals surface area contributed by atoms with Gasteiger partial charge in [-0.3, -0.25) is 4.99 Å². The number of rotatable bonds is 2. The van der Waals surface area contributed by atoms with Crippen LogP contribution in [0.3, 0.4) is 0 Å². The average Bonchev–Trinajstić information content (AvgIpc) is 2.90. The van der Waals surface area contributed by atoms with Crippen LogP contribution in [0, 0.1) is 0 Å². The highest BCUT2D eigenvalue weighted by atomic mass is 15.2. The molecule has 5 heteroatoms. The number of nitrogens with one attached hydrogen (secondary N) is 1. The number of aliphatic imine (C=N–C) groups is 1. The molecular weight excluding hydrogens is 214 g/mol. The Morgan fingerprint density at radius 2 is 2.12 bits per heavy atom. The second kappa shape index (κ2) is 4.63. The first kappa shape index (κ1) is 10.4. The molecule has 0 radical (unpaired) electrons. The Morgan fingerprint density at radius 1 is 1.24 bits per heavy atom. The summed E-state index contributed by atoms with van der Waals surface area (Å²) >= 11 is 0. The molecule has 1 saturated heterocycles. The van der Waals surface area contributed by atoms with E-state index in [0.717, 1.165) is 44.0 Å². The molecule has 0 aromatic carbocycles. The Balaban J connectivity index is 1.67. The van der Waals surface area contributed by atoms with Gasteiger partial charge in [-0.2, -0.15) is 0 Å². The van der Waals surface area contributed by atoms with Crippen molar-refractivity contribution in [2.75, 3.05) is 26.2 Å². The van der Waals surface area contributed by atoms with Crippen LogP contribution in [0.5, 0.6) is 0 Å². The lowest BCUT2D eigenvalue weighted by molar-refractivity contribution is 0.297. The van der Waals surface area contributed by atoms with Crippen LogP contribution < -0.4 is 5.32 Å². The summed E-state index contributed by atoms with van der Waals surface area (Å²) in [6.07, 6.45) is 6.19. The number of hydrogen-bond donors (Lipinski definition) is 1. The van der Waals surface area contributed by atoms with E-state index in [9.17, 15) is 0 Å². The molecule has 0 aliphatic carbocycles. The molecule has 17 heavy (non-hydrogen) atoms. The van der Waals surface area contributed by atoms with Crippen molar-refractivity contribution >= 4 is 5.71 Å². The monoisotopic (exact) mass is 229 g/mol. The minimum Gasteiger partial charge on any atom is -0.371 e. The molecule has 2 aliphatic rings. The maximum atomic E-state index is 4.46. The van der Waals surface area contributed by atoms with Crippen LogP contribution in [0.4, 0.5) is 0 Å². The molecule has 0 amide bonds. The molecular formula is C12H15N5. The maximum Gasteiger partial charge on any atom is 0.116 e. The molecule has 3 heterocycles. The lowest BCUT2D eigenvalue weighted by Gasteiger charge is -2.30. The molecule has 88 valence electrons. The fourth-order valence-corrected chi connectivity index (χ4v) is 2.18. The molecule has 1 aromatic rings. The summed E-state index contributed by atoms with van der Waals surface area (Å²) in [5, 5.41) is 3.35. The van der Waals surface area contributed by atoms with Gasteiger partial charge in [0.25, 0.3) is 0 Å². The van der Waals surface area contributed by atoms with E-state index >= 15 is 0 Å². The van der Waals surface area contributed by atoms with Gasteiger partial charge in [-0.15, -0.1) is 0 Å². The van der Waals surface area contributed by atoms with Gasteiger partial charge in [0.2, 0.25) is 0 Å². The number of aromatic nitrogens is 2. The minimum absolute atomic E-state index is 0.886. The molecule has 0 saturated carbocycles. The number of piperazine rings is 1. The Kier molecular flexibility index (Phi) is 2.83. The first-order chi connectivity index (χ1) is 8.43. The summed E-state index contributed by atoms with van der Waals surface area (Å²) in [6, 6.07) is 1.91. The summed E-state index contributed by atoms with van der Waals surface area (Å²) in [5.41, 5.74) is 3.28. The molecule has 3 rings (SSSR count). The Morgan fingerprint density at radius 3 is 2.88 bits per heavy atom. The van der Waals surface area contributed by atoms with Gasteiger partial charge in [0.15, 0.2) is 0 Å². The second-order valence-electron chi connectivity index (χ2n) is 4.20. The molecule has 5 nitrogen and oxygen atoms in total. The molecule has 0 spiro atoms. The normalized spacial score (nSPS) is 20.1. The predicted octanol–water partition coefficient (Wildman–Crippen LogP) is 0.416. The lowest BCUT2D eigenvalue weighted by Crippen LogP contribution is -2.42. The third kappa shape index (κ3) is 2.19. The van der Waals surface area contributed by atoms with E-state index in [-0.39, 0.29) is 0 Å². The third-order valence-electron chi connectivity index (χ3n) is 3.12. The first-order valence-electron chi connectivity index (χ1n) is 5.91. The van der Waals surface area contributed by atoms with E-state index in [4.69, 9.17) is 0 Å². The van der Waals surface area contributed by atoms with Gasteiger partial charge < -0.3 is 10.2 Å². The van der Waals surface area contributed by atoms with Crippen molar-refractivity contribution < 1.29 is 0 Å². The minimum atomic E-state index is 0.886. The lowest BCUT2D eigenvalue weighted by atomic mass is 10.1. The van der Waals surface area contributed by atoms with Crippen LogP contribution in [0.15, 0.2) is 35.5 Å². The quantitative estimate of drug-likeness (QED) is 0.798. The molecule has 0 atom stereocenters. The summed E-state index contributed by atoms with van der Waals surface area (Å²) in [5.74, 6) is 0. The van der Waals surface area contributed by atoms with E-state index in [0.29, 0.717) is 0 Å². The van der Waals surface area contributed by atoms with Gasteiger partial charge in [0, 0.05) is 50.7 Å². The van der Waals surface area contributed by atoms with Crippen LogP contribution >= 0.6 is 0 Å². The van der Waals surface area contributed by atoms with E-state index < -0.39 is 0 Å². The van der Waals surface area contributed by atoms with Crippen LogP contribution in [-0.4, -0.2) is 46.8 Å². The molecule has 1 aromatic heterocycles. The summed E-state index contributed by atoms with van der Waals surface area (Å²) in [4.78, 5) is 15.0. The van der Waals surface area contributed by atoms with E-state index in [2.05, 4.69) is 25.2 Å². The Labute approximate surface area is 100 Å². The highest BCUT2D eigenvalue weighted by Gasteiger charge is 2.19. The van der Waals surface area contributed by atoms with Crippen molar-refractivity contribution in [1.29, 1.82) is 0 Å². The van der Waals surface area contributed by atoms with Crippen LogP contribution in [0.25, 0.3) is 0 Å². The van der Waals surface area contributed by atoms with E-state index in [1.807, 2.05) is 12.3 Å². The van der Waals surface area contributed by atoms with Gasteiger partial charge in [0.05, 0.1) is 11.4 Å². The van der Waals surface area contributed by atoms with Crippen molar-refractivity contribution in [3.05, 3.63) is 36.2 Å². The Hall–Kier alpha value is -1.75. The average molecular weight is 229 g/mol. The molecule has 1 N–H and O–H groups in total. The molecule has 1 fully saturated rings. The highest BCUT2D eigenvalue weighted by Crippen LogP contribution is 2.19. The molecule has 2 aliphatic heterocycles. The first-order valence-corrected chi connectivity index (χ1v) is 5.91. The zero-order valence-electron chi connectivity index (χ0n) is 9.63. The number of allylic oxidation sites excluding steroid dienone is 1. The zero-order valence-corrected chi connectivity index (χ0v) is 9.63. The van der Waals surface area contributed by atoms with Gasteiger partial charge >= 0.3 is 0 Å². The van der Waals surface area contributed by atoms with E-state index in [1.165, 1.54) is 5.70 Å². The smallest absolute Gasteiger partial charge is 0.116 e. The van der Waals surface area contributed by atoms with Crippen molar-refractivity contribution in [1.82, 2.24) is 20.2 Å². The van der Waals surface area contributed by atoms with E-state index in [1.54, 1.807) is 12.5 Å². The Bertz CT molecular complexity index is 445. The SMILES string of the molecule is C1=C(N2CCNCC2)CC(c2ccncn2)=N1. The zero-order chi connectivity index (χ0) is 11.5. The molecule has 0 bridgehead atoms. The largest absolute Gasteiger partial charge is 0.371 e.